The molecule has 8 atom stereocenters. The predicted molar refractivity (Wildman–Crippen MR) is 124 cm³/mol. The molecule has 0 spiro atoms. The van der Waals surface area contributed by atoms with Crippen molar-refractivity contribution in [3.05, 3.63) is 35.9 Å². The topological polar surface area (TPSA) is 203 Å². The summed E-state index contributed by atoms with van der Waals surface area (Å²) in [5, 5.41) is 51.5. The molecular weight excluding hydrogens is 492 g/mol. The number of likely N-dealkylation sites (tertiary alicyclic amines) is 1. The van der Waals surface area contributed by atoms with Gasteiger partial charge in [-0.1, -0.05) is 30.3 Å². The average Bonchev–Trinajstić information content (AvgIpc) is 3.37. The van der Waals surface area contributed by atoms with Crippen LogP contribution in [0.4, 0.5) is 0 Å². The van der Waals surface area contributed by atoms with E-state index in [2.05, 4.69) is 5.32 Å². The smallest absolute Gasteiger partial charge is 0.335 e. The maximum absolute atomic E-state index is 13.1. The summed E-state index contributed by atoms with van der Waals surface area (Å²) in [5.74, 6) is -4.25. The molecule has 2 saturated heterocycles. The van der Waals surface area contributed by atoms with Crippen molar-refractivity contribution in [1.29, 1.82) is 0 Å². The quantitative estimate of drug-likeness (QED) is 0.193. The van der Waals surface area contributed by atoms with Crippen LogP contribution in [0.15, 0.2) is 30.3 Å². The van der Waals surface area contributed by atoms with Crippen LogP contribution in [0.5, 0.6) is 0 Å². The molecule has 0 aliphatic carbocycles. The highest BCUT2D eigenvalue weighted by Crippen LogP contribution is 2.24. The van der Waals surface area contributed by atoms with Gasteiger partial charge in [-0.15, -0.1) is 0 Å². The number of amides is 1. The van der Waals surface area contributed by atoms with Crippen molar-refractivity contribution in [1.82, 2.24) is 10.2 Å². The summed E-state index contributed by atoms with van der Waals surface area (Å²) in [6.45, 7) is 1.74. The SMILES string of the molecule is C[C@H](N[C@@H](CCc1ccccc1)C(=O)O[C@@H]1O[C@H](C(=O)O)[C@@H](O)[C@H](O)[C@H]1O)C(=O)N1CCC[C@@H]1C(=O)O. The number of aliphatic hydroxyl groups excluding tert-OH is 3. The molecule has 13 heteroatoms. The number of carboxylic acids is 2. The largest absolute Gasteiger partial charge is 0.480 e. The second-order valence-corrected chi connectivity index (χ2v) is 9.17. The Labute approximate surface area is 212 Å². The lowest BCUT2D eigenvalue weighted by atomic mass is 9.99. The van der Waals surface area contributed by atoms with Gasteiger partial charge in [-0.3, -0.25) is 14.9 Å². The number of carbonyl (C=O) groups excluding carboxylic acids is 2. The van der Waals surface area contributed by atoms with E-state index in [1.807, 2.05) is 30.3 Å². The van der Waals surface area contributed by atoms with Crippen LogP contribution in [-0.2, 0) is 35.1 Å². The average molecular weight is 525 g/mol. The number of aliphatic hydroxyl groups is 3. The molecule has 13 nitrogen and oxygen atoms in total. The van der Waals surface area contributed by atoms with Crippen LogP contribution >= 0.6 is 0 Å². The summed E-state index contributed by atoms with van der Waals surface area (Å²) >= 11 is 0. The molecule has 0 bridgehead atoms. The highest BCUT2D eigenvalue weighted by Gasteiger charge is 2.49. The Hall–Kier alpha value is -3.10. The number of nitrogens with one attached hydrogen (secondary N) is 1. The first-order valence-electron chi connectivity index (χ1n) is 12.0. The lowest BCUT2D eigenvalue weighted by Crippen LogP contribution is -2.61. The molecule has 3 rings (SSSR count). The molecule has 0 unspecified atom stereocenters. The van der Waals surface area contributed by atoms with E-state index in [-0.39, 0.29) is 13.0 Å². The monoisotopic (exact) mass is 524 g/mol. The van der Waals surface area contributed by atoms with Crippen LogP contribution in [0, 0.1) is 0 Å². The fraction of sp³-hybridized carbons (Fsp3) is 0.583. The fourth-order valence-corrected chi connectivity index (χ4v) is 4.48. The first-order chi connectivity index (χ1) is 17.5. The number of nitrogens with zero attached hydrogens (tertiary/aromatic N) is 1. The van der Waals surface area contributed by atoms with Crippen molar-refractivity contribution in [2.24, 2.45) is 0 Å². The highest BCUT2D eigenvalue weighted by molar-refractivity contribution is 5.88. The Balaban J connectivity index is 1.74. The van der Waals surface area contributed by atoms with Gasteiger partial charge in [-0.2, -0.15) is 0 Å². The maximum Gasteiger partial charge on any atom is 0.335 e. The Morgan fingerprint density at radius 3 is 2.35 bits per heavy atom. The van der Waals surface area contributed by atoms with Crippen molar-refractivity contribution in [2.75, 3.05) is 6.54 Å². The van der Waals surface area contributed by atoms with E-state index < -0.39 is 72.6 Å². The number of hydrogen-bond donors (Lipinski definition) is 6. The number of esters is 1. The molecule has 6 N–H and O–H groups in total. The minimum absolute atomic E-state index is 0.124. The summed E-state index contributed by atoms with van der Waals surface area (Å²) in [5.41, 5.74) is 0.880. The molecule has 204 valence electrons. The first-order valence-corrected chi connectivity index (χ1v) is 12.0. The van der Waals surface area contributed by atoms with Crippen LogP contribution in [0.3, 0.4) is 0 Å². The Morgan fingerprint density at radius 2 is 1.73 bits per heavy atom. The van der Waals surface area contributed by atoms with Gasteiger partial charge >= 0.3 is 17.9 Å². The van der Waals surface area contributed by atoms with E-state index >= 15 is 0 Å². The molecule has 2 aliphatic rings. The molecule has 0 saturated carbocycles. The number of rotatable bonds is 10. The molecule has 1 aromatic carbocycles. The van der Waals surface area contributed by atoms with Gasteiger partial charge in [0.05, 0.1) is 6.04 Å². The second kappa shape index (κ2) is 12.4. The number of hydrogen-bond acceptors (Lipinski definition) is 10. The van der Waals surface area contributed by atoms with E-state index in [1.165, 1.54) is 11.8 Å². The van der Waals surface area contributed by atoms with Crippen molar-refractivity contribution in [3.8, 4) is 0 Å². The fourth-order valence-electron chi connectivity index (χ4n) is 4.48. The van der Waals surface area contributed by atoms with Gasteiger partial charge in [0.2, 0.25) is 12.2 Å². The van der Waals surface area contributed by atoms with E-state index in [9.17, 15) is 44.7 Å². The van der Waals surface area contributed by atoms with Gasteiger partial charge < -0.3 is 39.9 Å². The summed E-state index contributed by atoms with van der Waals surface area (Å²) in [6.07, 6.45) is -8.31. The Morgan fingerprint density at radius 1 is 1.05 bits per heavy atom. The van der Waals surface area contributed by atoms with Gasteiger partial charge in [-0.25, -0.2) is 9.59 Å². The summed E-state index contributed by atoms with van der Waals surface area (Å²) in [6, 6.07) is 6.03. The van der Waals surface area contributed by atoms with Crippen LogP contribution in [-0.4, -0.2) is 110 Å². The van der Waals surface area contributed by atoms with Gasteiger partial charge in [0, 0.05) is 6.54 Å². The third kappa shape index (κ3) is 6.81. The summed E-state index contributed by atoms with van der Waals surface area (Å²) < 4.78 is 10.2. The Bertz CT molecular complexity index is 975. The lowest BCUT2D eigenvalue weighted by Gasteiger charge is -2.38. The van der Waals surface area contributed by atoms with Crippen LogP contribution in [0.25, 0.3) is 0 Å². The molecule has 1 amide bonds. The lowest BCUT2D eigenvalue weighted by molar-refractivity contribution is -0.287. The molecular formula is C24H32N2O11. The molecule has 0 aromatic heterocycles. The first kappa shape index (κ1) is 28.5. The second-order valence-electron chi connectivity index (χ2n) is 9.17. The van der Waals surface area contributed by atoms with Gasteiger partial charge in [-0.05, 0) is 38.2 Å². The van der Waals surface area contributed by atoms with Gasteiger partial charge in [0.15, 0.2) is 6.10 Å². The zero-order valence-corrected chi connectivity index (χ0v) is 20.2. The molecule has 2 fully saturated rings. The van der Waals surface area contributed by atoms with Crippen molar-refractivity contribution < 1.29 is 54.2 Å². The highest BCUT2D eigenvalue weighted by atomic mass is 16.7. The number of carboxylic acid groups (broad SMARTS) is 2. The normalized spacial score (nSPS) is 29.4. The Kier molecular flexibility index (Phi) is 9.56. The summed E-state index contributed by atoms with van der Waals surface area (Å²) in [4.78, 5) is 50.2. The number of carbonyl (C=O) groups is 4. The maximum atomic E-state index is 13.1. The number of aryl methyl sites for hydroxylation is 1. The van der Waals surface area contributed by atoms with Crippen molar-refractivity contribution >= 4 is 23.8 Å². The summed E-state index contributed by atoms with van der Waals surface area (Å²) in [7, 11) is 0. The van der Waals surface area contributed by atoms with Gasteiger partial charge in [0.1, 0.15) is 30.4 Å². The minimum atomic E-state index is -1.95. The minimum Gasteiger partial charge on any atom is -0.480 e. The third-order valence-corrected chi connectivity index (χ3v) is 6.54. The van der Waals surface area contributed by atoms with E-state index in [0.29, 0.717) is 19.3 Å². The molecule has 0 radical (unpaired) electrons. The molecule has 37 heavy (non-hydrogen) atoms. The van der Waals surface area contributed by atoms with Crippen molar-refractivity contribution in [2.45, 2.75) is 81.4 Å². The number of benzene rings is 1. The van der Waals surface area contributed by atoms with E-state index in [0.717, 1.165) is 5.56 Å². The zero-order valence-electron chi connectivity index (χ0n) is 20.2. The van der Waals surface area contributed by atoms with E-state index in [4.69, 9.17) is 9.47 Å². The van der Waals surface area contributed by atoms with Crippen LogP contribution in [0.1, 0.15) is 31.7 Å². The molecule has 1 aromatic rings. The van der Waals surface area contributed by atoms with Crippen LogP contribution in [0.2, 0.25) is 0 Å². The standard InChI is InChI=1S/C24H32N2O11/c1-12(20(30)26-11-5-8-15(26)21(31)32)25-14(10-9-13-6-3-2-4-7-13)23(35)37-24-18(29)16(27)17(28)19(36-24)22(33)34/h2-4,6-7,12,14-19,24-25,27-29H,5,8-11H2,1H3,(H,31,32)(H,33,34)/t12-,14-,15+,16-,17-,18+,19-,24-/m0/s1. The van der Waals surface area contributed by atoms with E-state index in [1.54, 1.807) is 0 Å². The molecule has 2 heterocycles. The molecule has 2 aliphatic heterocycles. The number of ether oxygens (including phenoxy) is 2. The van der Waals surface area contributed by atoms with Crippen LogP contribution < -0.4 is 5.32 Å². The zero-order chi connectivity index (χ0) is 27.3. The number of aliphatic carboxylic acids is 2. The van der Waals surface area contributed by atoms with Crippen molar-refractivity contribution in [3.63, 3.8) is 0 Å². The van der Waals surface area contributed by atoms with Gasteiger partial charge in [0.25, 0.3) is 0 Å². The third-order valence-electron chi connectivity index (χ3n) is 6.54. The predicted octanol–water partition coefficient (Wildman–Crippen LogP) is -1.52.